The van der Waals surface area contributed by atoms with E-state index in [4.69, 9.17) is 16.3 Å². The Bertz CT molecular complexity index is 352. The molecule has 0 saturated carbocycles. The van der Waals surface area contributed by atoms with Crippen LogP contribution in [0.3, 0.4) is 0 Å². The van der Waals surface area contributed by atoms with Gasteiger partial charge in [0.15, 0.2) is 0 Å². The van der Waals surface area contributed by atoms with Crippen LogP contribution in [-0.2, 0) is 0 Å². The van der Waals surface area contributed by atoms with Crippen LogP contribution < -0.4 is 10.1 Å². The van der Waals surface area contributed by atoms with E-state index in [0.717, 1.165) is 18.8 Å². The molecular formula is C15H24ClNO. The van der Waals surface area contributed by atoms with Crippen molar-refractivity contribution < 1.29 is 4.74 Å². The highest BCUT2D eigenvalue weighted by Gasteiger charge is 2.16. The number of rotatable bonds is 7. The summed E-state index contributed by atoms with van der Waals surface area (Å²) >= 11 is 6.11. The first-order chi connectivity index (χ1) is 8.50. The third-order valence-corrected chi connectivity index (χ3v) is 3.07. The fraction of sp³-hybridized carbons (Fsp3) is 0.600. The molecule has 0 amide bonds. The van der Waals surface area contributed by atoms with Gasteiger partial charge in [-0.25, -0.2) is 0 Å². The predicted molar refractivity (Wildman–Crippen MR) is 78.4 cm³/mol. The summed E-state index contributed by atoms with van der Waals surface area (Å²) in [7, 11) is 0. The lowest BCUT2D eigenvalue weighted by Gasteiger charge is -2.24. The van der Waals surface area contributed by atoms with Gasteiger partial charge in [0.1, 0.15) is 11.9 Å². The summed E-state index contributed by atoms with van der Waals surface area (Å²) < 4.78 is 5.99. The molecule has 0 heterocycles. The Morgan fingerprint density at radius 2 is 1.78 bits per heavy atom. The summed E-state index contributed by atoms with van der Waals surface area (Å²) in [4.78, 5) is 0. The van der Waals surface area contributed by atoms with E-state index in [-0.39, 0.29) is 6.10 Å². The minimum atomic E-state index is 0.142. The Kier molecular flexibility index (Phi) is 6.51. The van der Waals surface area contributed by atoms with Crippen molar-refractivity contribution in [2.24, 2.45) is 11.8 Å². The number of nitrogens with one attached hydrogen (secondary N) is 1. The van der Waals surface area contributed by atoms with Gasteiger partial charge < -0.3 is 10.1 Å². The molecule has 1 N–H and O–H groups in total. The number of para-hydroxylation sites is 1. The number of benzene rings is 1. The fourth-order valence-corrected chi connectivity index (χ4v) is 1.81. The van der Waals surface area contributed by atoms with Gasteiger partial charge in [-0.05, 0) is 30.5 Å². The summed E-state index contributed by atoms with van der Waals surface area (Å²) in [5.74, 6) is 1.86. The first-order valence-corrected chi connectivity index (χ1v) is 7.00. The van der Waals surface area contributed by atoms with Crippen molar-refractivity contribution in [2.45, 2.75) is 33.8 Å². The molecule has 0 aliphatic rings. The van der Waals surface area contributed by atoms with Gasteiger partial charge in [0.25, 0.3) is 0 Å². The van der Waals surface area contributed by atoms with Crippen LogP contribution in [0, 0.1) is 11.8 Å². The molecular weight excluding hydrogens is 246 g/mol. The molecule has 1 rings (SSSR count). The minimum Gasteiger partial charge on any atom is -0.487 e. The molecule has 0 spiro atoms. The van der Waals surface area contributed by atoms with Crippen LogP contribution in [0.15, 0.2) is 24.3 Å². The summed E-state index contributed by atoms with van der Waals surface area (Å²) in [6.07, 6.45) is 0.142. The molecule has 1 aromatic rings. The summed E-state index contributed by atoms with van der Waals surface area (Å²) in [6, 6.07) is 7.63. The van der Waals surface area contributed by atoms with Gasteiger partial charge in [-0.3, -0.25) is 0 Å². The van der Waals surface area contributed by atoms with Crippen LogP contribution in [0.1, 0.15) is 27.7 Å². The van der Waals surface area contributed by atoms with E-state index in [1.807, 2.05) is 24.3 Å². The normalized spacial score (nSPS) is 13.1. The fourth-order valence-electron chi connectivity index (χ4n) is 1.63. The van der Waals surface area contributed by atoms with E-state index in [1.165, 1.54) is 0 Å². The van der Waals surface area contributed by atoms with Gasteiger partial charge >= 0.3 is 0 Å². The molecule has 2 nitrogen and oxygen atoms in total. The summed E-state index contributed by atoms with van der Waals surface area (Å²) in [6.45, 7) is 10.6. The zero-order chi connectivity index (χ0) is 13.5. The highest BCUT2D eigenvalue weighted by Crippen LogP contribution is 2.25. The molecule has 1 aromatic carbocycles. The van der Waals surface area contributed by atoms with Gasteiger partial charge in [-0.1, -0.05) is 51.4 Å². The molecule has 0 radical (unpaired) electrons. The molecule has 1 unspecified atom stereocenters. The van der Waals surface area contributed by atoms with Crippen molar-refractivity contribution in [1.82, 2.24) is 5.32 Å². The van der Waals surface area contributed by atoms with Gasteiger partial charge in [0.2, 0.25) is 0 Å². The smallest absolute Gasteiger partial charge is 0.138 e. The highest BCUT2D eigenvalue weighted by atomic mass is 35.5. The molecule has 18 heavy (non-hydrogen) atoms. The van der Waals surface area contributed by atoms with Crippen LogP contribution in [-0.4, -0.2) is 19.2 Å². The number of hydrogen-bond acceptors (Lipinski definition) is 2. The van der Waals surface area contributed by atoms with Gasteiger partial charge in [-0.2, -0.15) is 0 Å². The second-order valence-electron chi connectivity index (χ2n) is 5.38. The van der Waals surface area contributed by atoms with Crippen molar-refractivity contribution in [1.29, 1.82) is 0 Å². The largest absolute Gasteiger partial charge is 0.487 e. The van der Waals surface area contributed by atoms with E-state index in [2.05, 4.69) is 33.0 Å². The Labute approximate surface area is 116 Å². The molecule has 3 heteroatoms. The average Bonchev–Trinajstić information content (AvgIpc) is 2.29. The lowest BCUT2D eigenvalue weighted by Crippen LogP contribution is -2.37. The van der Waals surface area contributed by atoms with E-state index < -0.39 is 0 Å². The highest BCUT2D eigenvalue weighted by molar-refractivity contribution is 6.32. The second-order valence-corrected chi connectivity index (χ2v) is 5.79. The molecule has 0 aliphatic heterocycles. The molecule has 0 saturated heterocycles. The average molecular weight is 270 g/mol. The Morgan fingerprint density at radius 3 is 2.33 bits per heavy atom. The Morgan fingerprint density at radius 1 is 1.11 bits per heavy atom. The third-order valence-electron chi connectivity index (χ3n) is 2.76. The van der Waals surface area contributed by atoms with E-state index in [1.54, 1.807) is 0 Å². The maximum Gasteiger partial charge on any atom is 0.138 e. The number of ether oxygens (including phenoxy) is 1. The Balaban J connectivity index is 2.55. The second kappa shape index (κ2) is 7.65. The molecule has 102 valence electrons. The van der Waals surface area contributed by atoms with Crippen molar-refractivity contribution in [3.63, 3.8) is 0 Å². The van der Waals surface area contributed by atoms with Crippen LogP contribution in [0.4, 0.5) is 0 Å². The van der Waals surface area contributed by atoms with Crippen LogP contribution in [0.5, 0.6) is 5.75 Å². The summed E-state index contributed by atoms with van der Waals surface area (Å²) in [5.41, 5.74) is 0. The van der Waals surface area contributed by atoms with Crippen LogP contribution >= 0.6 is 11.6 Å². The Hall–Kier alpha value is -0.730. The zero-order valence-electron chi connectivity index (χ0n) is 11.7. The minimum absolute atomic E-state index is 0.142. The molecule has 1 atom stereocenters. The van der Waals surface area contributed by atoms with E-state index in [9.17, 15) is 0 Å². The van der Waals surface area contributed by atoms with Gasteiger partial charge in [-0.15, -0.1) is 0 Å². The van der Waals surface area contributed by atoms with E-state index >= 15 is 0 Å². The van der Waals surface area contributed by atoms with E-state index in [0.29, 0.717) is 16.9 Å². The van der Waals surface area contributed by atoms with Crippen molar-refractivity contribution in [2.75, 3.05) is 13.1 Å². The van der Waals surface area contributed by atoms with Crippen LogP contribution in [0.25, 0.3) is 0 Å². The van der Waals surface area contributed by atoms with Crippen LogP contribution in [0.2, 0.25) is 5.02 Å². The number of halogens is 1. The topological polar surface area (TPSA) is 21.3 Å². The molecule has 0 aromatic heterocycles. The van der Waals surface area contributed by atoms with Crippen molar-refractivity contribution in [3.05, 3.63) is 29.3 Å². The van der Waals surface area contributed by atoms with Crippen molar-refractivity contribution >= 4 is 11.6 Å². The zero-order valence-corrected chi connectivity index (χ0v) is 12.5. The van der Waals surface area contributed by atoms with Crippen molar-refractivity contribution in [3.8, 4) is 5.75 Å². The third kappa shape index (κ3) is 5.28. The maximum atomic E-state index is 6.11. The monoisotopic (exact) mass is 269 g/mol. The SMILES string of the molecule is CC(C)CNCC(Oc1ccccc1Cl)C(C)C. The quantitative estimate of drug-likeness (QED) is 0.808. The lowest BCUT2D eigenvalue weighted by molar-refractivity contribution is 0.148. The van der Waals surface area contributed by atoms with Gasteiger partial charge in [0.05, 0.1) is 5.02 Å². The molecule has 0 aliphatic carbocycles. The number of hydrogen-bond donors (Lipinski definition) is 1. The lowest BCUT2D eigenvalue weighted by atomic mass is 10.1. The summed E-state index contributed by atoms with van der Waals surface area (Å²) in [5, 5.41) is 4.11. The molecule has 0 bridgehead atoms. The maximum absolute atomic E-state index is 6.11. The first kappa shape index (κ1) is 15.3. The standard InChI is InChI=1S/C15H24ClNO/c1-11(2)9-17-10-15(12(3)4)18-14-8-6-5-7-13(14)16/h5-8,11-12,15,17H,9-10H2,1-4H3. The predicted octanol–water partition coefficient (Wildman–Crippen LogP) is 3.99. The molecule has 0 fully saturated rings. The first-order valence-electron chi connectivity index (χ1n) is 6.62. The van der Waals surface area contributed by atoms with Gasteiger partial charge in [0, 0.05) is 6.54 Å².